The molecule has 1 aliphatic rings. The highest BCUT2D eigenvalue weighted by atomic mass is 16.5. The highest BCUT2D eigenvalue weighted by molar-refractivity contribution is 6.01. The third kappa shape index (κ3) is 3.01. The normalized spacial score (nSPS) is 14.7. The van der Waals surface area contributed by atoms with Crippen LogP contribution in [0.2, 0.25) is 0 Å². The van der Waals surface area contributed by atoms with Gasteiger partial charge in [-0.1, -0.05) is 23.4 Å². The van der Waals surface area contributed by atoms with Gasteiger partial charge in [-0.2, -0.15) is 4.98 Å². The zero-order chi connectivity index (χ0) is 18.1. The molecule has 3 aromatic rings. The van der Waals surface area contributed by atoms with Gasteiger partial charge in [-0.3, -0.25) is 4.79 Å². The van der Waals surface area contributed by atoms with Gasteiger partial charge in [0.1, 0.15) is 0 Å². The molecule has 3 heterocycles. The predicted octanol–water partition coefficient (Wildman–Crippen LogP) is 2.57. The second kappa shape index (κ2) is 6.76. The van der Waals surface area contributed by atoms with Crippen molar-refractivity contribution < 1.29 is 13.7 Å². The molecule has 26 heavy (non-hydrogen) atoms. The van der Waals surface area contributed by atoms with E-state index < -0.39 is 0 Å². The average molecular weight is 352 g/mol. The minimum Gasteiger partial charge on any atom is -0.459 e. The van der Waals surface area contributed by atoms with Crippen LogP contribution in [-0.2, 0) is 24.2 Å². The van der Waals surface area contributed by atoms with Crippen LogP contribution in [0.15, 0.2) is 45.5 Å². The van der Waals surface area contributed by atoms with Crippen LogP contribution in [0.3, 0.4) is 0 Å². The standard InChI is InChI=1S/C19H20N4O3/c1-12(20-2)9-16-21-19(26-22-16)18-14(7-8-25-18)11-23-15-6-4-3-5-13(15)10-17(23)24/h3-8,12,20H,9-11H2,1-2H3. The van der Waals surface area contributed by atoms with E-state index in [-0.39, 0.29) is 11.9 Å². The van der Waals surface area contributed by atoms with Crippen LogP contribution in [0.5, 0.6) is 0 Å². The molecule has 4 rings (SSSR count). The van der Waals surface area contributed by atoms with E-state index in [9.17, 15) is 4.79 Å². The average Bonchev–Trinajstić information content (AvgIpc) is 3.35. The number of nitrogens with one attached hydrogen (secondary N) is 1. The third-order valence-electron chi connectivity index (χ3n) is 4.64. The number of likely N-dealkylation sites (N-methyl/N-ethyl adjacent to an activating group) is 1. The number of hydrogen-bond acceptors (Lipinski definition) is 6. The number of furan rings is 1. The number of para-hydroxylation sites is 1. The van der Waals surface area contributed by atoms with E-state index in [1.54, 1.807) is 11.2 Å². The molecule has 1 aromatic carbocycles. The summed E-state index contributed by atoms with van der Waals surface area (Å²) in [6, 6.07) is 9.92. The number of nitrogens with zero attached hydrogens (tertiary/aromatic N) is 3. The zero-order valence-corrected chi connectivity index (χ0v) is 14.7. The second-order valence-electron chi connectivity index (χ2n) is 6.47. The minimum absolute atomic E-state index is 0.0763. The Kier molecular flexibility index (Phi) is 4.30. The molecule has 1 atom stereocenters. The smallest absolute Gasteiger partial charge is 0.293 e. The molecular weight excluding hydrogens is 332 g/mol. The Hall–Kier alpha value is -2.93. The topological polar surface area (TPSA) is 84.4 Å². The molecule has 0 spiro atoms. The van der Waals surface area contributed by atoms with Gasteiger partial charge in [0.05, 0.1) is 19.2 Å². The van der Waals surface area contributed by atoms with E-state index in [0.29, 0.717) is 36.9 Å². The Balaban J connectivity index is 1.58. The largest absolute Gasteiger partial charge is 0.459 e. The van der Waals surface area contributed by atoms with Crippen molar-refractivity contribution in [3.63, 3.8) is 0 Å². The maximum absolute atomic E-state index is 12.4. The van der Waals surface area contributed by atoms with Crippen LogP contribution < -0.4 is 10.2 Å². The van der Waals surface area contributed by atoms with E-state index >= 15 is 0 Å². The molecule has 0 radical (unpaired) electrons. The number of aromatic nitrogens is 2. The maximum Gasteiger partial charge on any atom is 0.293 e. The van der Waals surface area contributed by atoms with Gasteiger partial charge in [0.15, 0.2) is 11.6 Å². The summed E-state index contributed by atoms with van der Waals surface area (Å²) >= 11 is 0. The molecule has 1 unspecified atom stereocenters. The van der Waals surface area contributed by atoms with Crippen molar-refractivity contribution in [1.29, 1.82) is 0 Å². The van der Waals surface area contributed by atoms with E-state index in [0.717, 1.165) is 16.8 Å². The first-order valence-corrected chi connectivity index (χ1v) is 8.60. The van der Waals surface area contributed by atoms with Crippen molar-refractivity contribution in [2.45, 2.75) is 32.4 Å². The zero-order valence-electron chi connectivity index (χ0n) is 14.7. The van der Waals surface area contributed by atoms with Crippen molar-refractivity contribution in [2.24, 2.45) is 0 Å². The fraction of sp³-hybridized carbons (Fsp3) is 0.316. The summed E-state index contributed by atoms with van der Waals surface area (Å²) in [6.45, 7) is 2.46. The minimum atomic E-state index is 0.0763. The van der Waals surface area contributed by atoms with Crippen LogP contribution in [0.4, 0.5) is 5.69 Å². The predicted molar refractivity (Wildman–Crippen MR) is 95.6 cm³/mol. The molecule has 1 N–H and O–H groups in total. The van der Waals surface area contributed by atoms with Gasteiger partial charge in [-0.25, -0.2) is 0 Å². The Morgan fingerprint density at radius 2 is 2.15 bits per heavy atom. The monoisotopic (exact) mass is 352 g/mol. The molecule has 2 aromatic heterocycles. The van der Waals surface area contributed by atoms with Crippen LogP contribution in [0.25, 0.3) is 11.7 Å². The van der Waals surface area contributed by atoms with Crippen LogP contribution in [-0.4, -0.2) is 29.1 Å². The number of rotatable bonds is 6. The molecule has 0 bridgehead atoms. The highest BCUT2D eigenvalue weighted by Gasteiger charge is 2.28. The quantitative estimate of drug-likeness (QED) is 0.734. The van der Waals surface area contributed by atoms with E-state index in [4.69, 9.17) is 8.94 Å². The summed E-state index contributed by atoms with van der Waals surface area (Å²) < 4.78 is 10.9. The lowest BCUT2D eigenvalue weighted by molar-refractivity contribution is -0.117. The molecular formula is C19H20N4O3. The molecule has 1 aliphatic heterocycles. The number of amides is 1. The molecule has 0 saturated carbocycles. The van der Waals surface area contributed by atoms with Gasteiger partial charge in [0.25, 0.3) is 5.89 Å². The maximum atomic E-state index is 12.4. The Morgan fingerprint density at radius 3 is 3.00 bits per heavy atom. The summed E-state index contributed by atoms with van der Waals surface area (Å²) in [7, 11) is 1.89. The van der Waals surface area contributed by atoms with E-state index in [2.05, 4.69) is 15.5 Å². The molecule has 134 valence electrons. The Bertz CT molecular complexity index is 930. The molecule has 0 aliphatic carbocycles. The van der Waals surface area contributed by atoms with Gasteiger partial charge in [0, 0.05) is 23.7 Å². The van der Waals surface area contributed by atoms with Crippen molar-refractivity contribution in [3.8, 4) is 11.7 Å². The fourth-order valence-corrected chi connectivity index (χ4v) is 3.11. The lowest BCUT2D eigenvalue weighted by atomic mass is 10.2. The summed E-state index contributed by atoms with van der Waals surface area (Å²) in [6.07, 6.45) is 2.67. The Labute approximate surface area is 151 Å². The number of carbonyl (C=O) groups is 1. The van der Waals surface area contributed by atoms with Gasteiger partial charge in [-0.15, -0.1) is 0 Å². The molecule has 0 saturated heterocycles. The molecule has 7 nitrogen and oxygen atoms in total. The van der Waals surface area contributed by atoms with Gasteiger partial charge < -0.3 is 19.2 Å². The number of anilines is 1. The summed E-state index contributed by atoms with van der Waals surface area (Å²) in [5.41, 5.74) is 2.83. The fourth-order valence-electron chi connectivity index (χ4n) is 3.11. The van der Waals surface area contributed by atoms with E-state index in [1.165, 1.54) is 0 Å². The van der Waals surface area contributed by atoms with Crippen molar-refractivity contribution in [2.75, 3.05) is 11.9 Å². The first kappa shape index (κ1) is 16.5. The van der Waals surface area contributed by atoms with Crippen LogP contribution in [0, 0.1) is 0 Å². The number of fused-ring (bicyclic) bond motifs is 1. The van der Waals surface area contributed by atoms with Gasteiger partial charge in [-0.05, 0) is 31.7 Å². The lowest BCUT2D eigenvalue weighted by Gasteiger charge is -2.16. The van der Waals surface area contributed by atoms with Gasteiger partial charge in [0.2, 0.25) is 5.91 Å². The van der Waals surface area contributed by atoms with Crippen LogP contribution >= 0.6 is 0 Å². The lowest BCUT2D eigenvalue weighted by Crippen LogP contribution is -2.26. The molecule has 7 heteroatoms. The summed E-state index contributed by atoms with van der Waals surface area (Å²) in [5.74, 6) is 1.54. The number of benzene rings is 1. The van der Waals surface area contributed by atoms with Crippen molar-refractivity contribution in [3.05, 3.63) is 53.5 Å². The first-order valence-electron chi connectivity index (χ1n) is 8.60. The molecule has 0 fully saturated rings. The first-order chi connectivity index (χ1) is 12.7. The third-order valence-corrected chi connectivity index (χ3v) is 4.64. The molecule has 1 amide bonds. The SMILES string of the molecule is CNC(C)Cc1noc(-c2occc2CN2C(=O)Cc3ccccc32)n1. The van der Waals surface area contributed by atoms with Gasteiger partial charge >= 0.3 is 0 Å². The Morgan fingerprint density at radius 1 is 1.31 bits per heavy atom. The summed E-state index contributed by atoms with van der Waals surface area (Å²) in [5, 5.41) is 7.16. The summed E-state index contributed by atoms with van der Waals surface area (Å²) in [4.78, 5) is 18.6. The number of carbonyl (C=O) groups excluding carboxylic acids is 1. The van der Waals surface area contributed by atoms with Crippen LogP contribution in [0.1, 0.15) is 23.9 Å². The number of hydrogen-bond donors (Lipinski definition) is 1. The highest BCUT2D eigenvalue weighted by Crippen LogP contribution is 2.32. The van der Waals surface area contributed by atoms with Crippen molar-refractivity contribution in [1.82, 2.24) is 15.5 Å². The second-order valence-corrected chi connectivity index (χ2v) is 6.47. The van der Waals surface area contributed by atoms with Crippen molar-refractivity contribution >= 4 is 11.6 Å². The van der Waals surface area contributed by atoms with E-state index in [1.807, 2.05) is 44.3 Å².